The van der Waals surface area contributed by atoms with Gasteiger partial charge in [-0.3, -0.25) is 9.78 Å². The maximum Gasteiger partial charge on any atom is 0.268 e. The van der Waals surface area contributed by atoms with Crippen LogP contribution in [0.15, 0.2) is 30.5 Å². The van der Waals surface area contributed by atoms with Crippen LogP contribution < -0.4 is 10.5 Å². The van der Waals surface area contributed by atoms with Crippen LogP contribution in [0, 0.1) is 13.0 Å². The standard InChI is InChI=1S/C12H10N3O2/c1-8-5-6-9(7-14-8)17-11-4-2-3-10(15-11)12(13)16/h2,4-7H,1H3,(H2,13,16). The highest BCUT2D eigenvalue weighted by atomic mass is 16.5. The molecule has 2 aromatic heterocycles. The van der Waals surface area contributed by atoms with Gasteiger partial charge in [0.15, 0.2) is 0 Å². The van der Waals surface area contributed by atoms with E-state index in [0.29, 0.717) is 5.75 Å². The van der Waals surface area contributed by atoms with Crippen LogP contribution in [0.1, 0.15) is 16.2 Å². The average Bonchev–Trinajstić information content (AvgIpc) is 2.32. The first-order valence-corrected chi connectivity index (χ1v) is 4.94. The van der Waals surface area contributed by atoms with E-state index < -0.39 is 5.91 Å². The maximum absolute atomic E-state index is 10.9. The summed E-state index contributed by atoms with van der Waals surface area (Å²) in [6.07, 6.45) is 1.58. The highest BCUT2D eigenvalue weighted by molar-refractivity contribution is 5.90. The van der Waals surface area contributed by atoms with Gasteiger partial charge in [-0.15, -0.1) is 0 Å². The molecule has 0 saturated carbocycles. The first-order valence-electron chi connectivity index (χ1n) is 4.94. The number of rotatable bonds is 3. The fourth-order valence-electron chi connectivity index (χ4n) is 1.19. The highest BCUT2D eigenvalue weighted by Crippen LogP contribution is 2.18. The molecular weight excluding hydrogens is 218 g/mol. The number of carbonyl (C=O) groups is 1. The van der Waals surface area contributed by atoms with Crippen LogP contribution in [0.3, 0.4) is 0 Å². The Hall–Kier alpha value is -2.43. The lowest BCUT2D eigenvalue weighted by Gasteiger charge is -2.04. The molecule has 2 heterocycles. The number of nitrogens with zero attached hydrogens (tertiary/aromatic N) is 2. The molecule has 1 amide bonds. The lowest BCUT2D eigenvalue weighted by molar-refractivity contribution is 0.0994. The maximum atomic E-state index is 10.9. The highest BCUT2D eigenvalue weighted by Gasteiger charge is 2.05. The third-order valence-electron chi connectivity index (χ3n) is 2.01. The molecule has 0 fully saturated rings. The molecule has 85 valence electrons. The molecular formula is C12H10N3O2. The molecule has 0 aliphatic carbocycles. The summed E-state index contributed by atoms with van der Waals surface area (Å²) in [7, 11) is 0. The van der Waals surface area contributed by atoms with E-state index in [9.17, 15) is 4.79 Å². The van der Waals surface area contributed by atoms with E-state index in [-0.39, 0.29) is 11.6 Å². The molecule has 0 bridgehead atoms. The Morgan fingerprint density at radius 2 is 2.24 bits per heavy atom. The summed E-state index contributed by atoms with van der Waals surface area (Å²) >= 11 is 0. The minimum Gasteiger partial charge on any atom is -0.437 e. The zero-order valence-electron chi connectivity index (χ0n) is 9.18. The van der Waals surface area contributed by atoms with E-state index >= 15 is 0 Å². The zero-order valence-corrected chi connectivity index (χ0v) is 9.18. The van der Waals surface area contributed by atoms with Gasteiger partial charge in [0.25, 0.3) is 5.91 Å². The van der Waals surface area contributed by atoms with Crippen molar-refractivity contribution in [3.8, 4) is 11.6 Å². The van der Waals surface area contributed by atoms with Crippen LogP contribution in [0.25, 0.3) is 0 Å². The number of nitrogens with two attached hydrogens (primary N) is 1. The predicted octanol–water partition coefficient (Wildman–Crippen LogP) is 1.48. The van der Waals surface area contributed by atoms with E-state index in [4.69, 9.17) is 10.5 Å². The monoisotopic (exact) mass is 228 g/mol. The Morgan fingerprint density at radius 3 is 2.88 bits per heavy atom. The van der Waals surface area contributed by atoms with Crippen LogP contribution in [0.2, 0.25) is 0 Å². The summed E-state index contributed by atoms with van der Waals surface area (Å²) in [6, 6.07) is 9.33. The van der Waals surface area contributed by atoms with Crippen molar-refractivity contribution in [2.75, 3.05) is 0 Å². The first-order chi connectivity index (χ1) is 8.15. The Morgan fingerprint density at radius 1 is 1.41 bits per heavy atom. The van der Waals surface area contributed by atoms with Crippen molar-refractivity contribution in [2.24, 2.45) is 5.73 Å². The molecule has 0 aromatic carbocycles. The Labute approximate surface area is 98.3 Å². The normalized spacial score (nSPS) is 9.94. The second-order valence-electron chi connectivity index (χ2n) is 3.38. The molecule has 17 heavy (non-hydrogen) atoms. The van der Waals surface area contributed by atoms with Crippen LogP contribution in [0.5, 0.6) is 11.6 Å². The molecule has 0 saturated heterocycles. The molecule has 2 aromatic rings. The fraction of sp³-hybridized carbons (Fsp3) is 0.0833. The molecule has 5 nitrogen and oxygen atoms in total. The van der Waals surface area contributed by atoms with Gasteiger partial charge in [-0.05, 0) is 25.1 Å². The van der Waals surface area contributed by atoms with E-state index in [2.05, 4.69) is 16.0 Å². The van der Waals surface area contributed by atoms with Gasteiger partial charge in [-0.25, -0.2) is 4.98 Å². The number of pyridine rings is 2. The summed E-state index contributed by atoms with van der Waals surface area (Å²) in [4.78, 5) is 18.9. The summed E-state index contributed by atoms with van der Waals surface area (Å²) < 4.78 is 5.42. The third kappa shape index (κ3) is 2.78. The second-order valence-corrected chi connectivity index (χ2v) is 3.38. The van der Waals surface area contributed by atoms with Crippen LogP contribution in [0.4, 0.5) is 0 Å². The van der Waals surface area contributed by atoms with E-state index in [0.717, 1.165) is 5.69 Å². The molecule has 5 heteroatoms. The molecule has 0 aliphatic rings. The Bertz CT molecular complexity index is 538. The SMILES string of the molecule is Cc1ccc(Oc2cc[c]c(C(N)=O)n2)cn1. The average molecular weight is 228 g/mol. The molecule has 0 atom stereocenters. The number of amides is 1. The van der Waals surface area contributed by atoms with Crippen LogP contribution >= 0.6 is 0 Å². The third-order valence-corrected chi connectivity index (χ3v) is 2.01. The van der Waals surface area contributed by atoms with Gasteiger partial charge >= 0.3 is 0 Å². The summed E-state index contributed by atoms with van der Waals surface area (Å²) in [6.45, 7) is 1.88. The summed E-state index contributed by atoms with van der Waals surface area (Å²) in [5.74, 6) is 0.186. The van der Waals surface area contributed by atoms with Gasteiger partial charge in [-0.2, -0.15) is 0 Å². The predicted molar refractivity (Wildman–Crippen MR) is 60.6 cm³/mol. The van der Waals surface area contributed by atoms with Gasteiger partial charge in [0.05, 0.1) is 6.20 Å². The smallest absolute Gasteiger partial charge is 0.268 e. The Balaban J connectivity index is 2.21. The lowest BCUT2D eigenvalue weighted by atomic mass is 10.3. The van der Waals surface area contributed by atoms with Crippen molar-refractivity contribution >= 4 is 5.91 Å². The van der Waals surface area contributed by atoms with Crippen LogP contribution in [-0.2, 0) is 0 Å². The molecule has 2 rings (SSSR count). The van der Waals surface area contributed by atoms with Crippen molar-refractivity contribution in [1.82, 2.24) is 9.97 Å². The molecule has 1 radical (unpaired) electrons. The summed E-state index contributed by atoms with van der Waals surface area (Å²) in [5.41, 5.74) is 6.03. The molecule has 2 N–H and O–H groups in total. The molecule has 0 aliphatic heterocycles. The van der Waals surface area contributed by atoms with Gasteiger partial charge in [0.1, 0.15) is 11.4 Å². The summed E-state index contributed by atoms with van der Waals surface area (Å²) in [5, 5.41) is 0. The number of carbonyl (C=O) groups excluding carboxylic acids is 1. The van der Waals surface area contributed by atoms with Crippen molar-refractivity contribution in [2.45, 2.75) is 6.92 Å². The first kappa shape index (κ1) is 11.1. The largest absolute Gasteiger partial charge is 0.437 e. The van der Waals surface area contributed by atoms with Crippen LogP contribution in [-0.4, -0.2) is 15.9 Å². The van der Waals surface area contributed by atoms with Gasteiger partial charge in [0, 0.05) is 17.8 Å². The van der Waals surface area contributed by atoms with Crippen molar-refractivity contribution in [3.63, 3.8) is 0 Å². The number of aromatic nitrogens is 2. The second kappa shape index (κ2) is 4.61. The number of hydrogen-bond acceptors (Lipinski definition) is 4. The van der Waals surface area contributed by atoms with Gasteiger partial charge in [0.2, 0.25) is 5.88 Å². The Kier molecular flexibility index (Phi) is 3.00. The molecule has 0 unspecified atom stereocenters. The van der Waals surface area contributed by atoms with E-state index in [1.807, 2.05) is 13.0 Å². The van der Waals surface area contributed by atoms with E-state index in [1.54, 1.807) is 18.3 Å². The zero-order chi connectivity index (χ0) is 12.3. The number of primary amides is 1. The quantitative estimate of drug-likeness (QED) is 0.862. The lowest BCUT2D eigenvalue weighted by Crippen LogP contribution is -2.13. The topological polar surface area (TPSA) is 78.1 Å². The van der Waals surface area contributed by atoms with Crippen molar-refractivity contribution in [3.05, 3.63) is 47.9 Å². The van der Waals surface area contributed by atoms with Crippen molar-refractivity contribution in [1.29, 1.82) is 0 Å². The minimum absolute atomic E-state index is 0.0440. The number of aryl methyl sites for hydroxylation is 1. The number of ether oxygens (including phenoxy) is 1. The van der Waals surface area contributed by atoms with E-state index in [1.165, 1.54) is 6.07 Å². The number of hydrogen-bond donors (Lipinski definition) is 1. The van der Waals surface area contributed by atoms with Crippen molar-refractivity contribution < 1.29 is 9.53 Å². The fourth-order valence-corrected chi connectivity index (χ4v) is 1.19. The molecule has 0 spiro atoms. The van der Waals surface area contributed by atoms with Gasteiger partial charge in [-0.1, -0.05) is 0 Å². The minimum atomic E-state index is -0.641. The van der Waals surface area contributed by atoms with Gasteiger partial charge < -0.3 is 10.5 Å².